The number of nitrogens with zero attached hydrogens (tertiary/aromatic N) is 4. The fourth-order valence-corrected chi connectivity index (χ4v) is 3.36. The van der Waals surface area contributed by atoms with Crippen LogP contribution in [0.3, 0.4) is 0 Å². The van der Waals surface area contributed by atoms with Crippen LogP contribution in [0.2, 0.25) is 0 Å². The van der Waals surface area contributed by atoms with E-state index in [2.05, 4.69) is 20.7 Å². The fraction of sp³-hybridized carbons (Fsp3) is 0.238. The molecule has 0 fully saturated rings. The van der Waals surface area contributed by atoms with Crippen LogP contribution in [-0.2, 0) is 18.4 Å². The standard InChI is InChI=1S/C21H22N6O3/c1-13-9-18(26(2)25-13)23-17-8-7-14-11-27(21(29)20(14)24-17)12-19(28)22-15-5-4-6-16(10-15)30-3/h4-10H,11-12H2,1-3H3,(H,22,28)(H,23,24). The average Bonchev–Trinajstić information content (AvgIpc) is 3.20. The van der Waals surface area contributed by atoms with Crippen LogP contribution in [-0.4, -0.2) is 45.1 Å². The van der Waals surface area contributed by atoms with Crippen molar-refractivity contribution in [1.29, 1.82) is 0 Å². The van der Waals surface area contributed by atoms with Crippen LogP contribution in [0.25, 0.3) is 0 Å². The zero-order valence-electron chi connectivity index (χ0n) is 17.0. The van der Waals surface area contributed by atoms with E-state index in [1.54, 1.807) is 36.1 Å². The van der Waals surface area contributed by atoms with Gasteiger partial charge in [-0.15, -0.1) is 0 Å². The second-order valence-corrected chi connectivity index (χ2v) is 7.07. The summed E-state index contributed by atoms with van der Waals surface area (Å²) < 4.78 is 6.87. The molecule has 1 aliphatic rings. The zero-order valence-corrected chi connectivity index (χ0v) is 17.0. The van der Waals surface area contributed by atoms with Gasteiger partial charge in [0, 0.05) is 37.0 Å². The molecule has 30 heavy (non-hydrogen) atoms. The van der Waals surface area contributed by atoms with Crippen LogP contribution in [0, 0.1) is 6.92 Å². The molecule has 0 radical (unpaired) electrons. The monoisotopic (exact) mass is 406 g/mol. The highest BCUT2D eigenvalue weighted by Crippen LogP contribution is 2.24. The zero-order chi connectivity index (χ0) is 21.3. The predicted octanol–water partition coefficient (Wildman–Crippen LogP) is 2.47. The number of hydrogen-bond donors (Lipinski definition) is 2. The lowest BCUT2D eigenvalue weighted by Gasteiger charge is -2.15. The first-order valence-corrected chi connectivity index (χ1v) is 9.43. The molecule has 9 nitrogen and oxygen atoms in total. The number of rotatable bonds is 6. The van der Waals surface area contributed by atoms with Gasteiger partial charge < -0.3 is 20.3 Å². The molecule has 1 aromatic carbocycles. The number of methoxy groups -OCH3 is 1. The number of ether oxygens (including phenoxy) is 1. The van der Waals surface area contributed by atoms with E-state index >= 15 is 0 Å². The minimum absolute atomic E-state index is 0.0594. The third kappa shape index (κ3) is 3.95. The van der Waals surface area contributed by atoms with Gasteiger partial charge in [-0.05, 0) is 25.1 Å². The van der Waals surface area contributed by atoms with Gasteiger partial charge in [0.15, 0.2) is 0 Å². The van der Waals surface area contributed by atoms with E-state index in [9.17, 15) is 9.59 Å². The minimum atomic E-state index is -0.284. The van der Waals surface area contributed by atoms with Crippen molar-refractivity contribution in [1.82, 2.24) is 19.7 Å². The van der Waals surface area contributed by atoms with Crippen molar-refractivity contribution in [2.75, 3.05) is 24.3 Å². The predicted molar refractivity (Wildman–Crippen MR) is 112 cm³/mol. The topological polar surface area (TPSA) is 101 Å². The summed E-state index contributed by atoms with van der Waals surface area (Å²) in [7, 11) is 3.39. The van der Waals surface area contributed by atoms with Crippen LogP contribution < -0.4 is 15.4 Å². The van der Waals surface area contributed by atoms with Crippen LogP contribution >= 0.6 is 0 Å². The summed E-state index contributed by atoms with van der Waals surface area (Å²) in [6.07, 6.45) is 0. The van der Waals surface area contributed by atoms with Gasteiger partial charge in [0.2, 0.25) is 5.91 Å². The number of amides is 2. The van der Waals surface area contributed by atoms with E-state index in [0.717, 1.165) is 17.1 Å². The molecule has 3 aromatic rings. The van der Waals surface area contributed by atoms with Crippen molar-refractivity contribution in [3.05, 3.63) is 59.4 Å². The average molecular weight is 406 g/mol. The van der Waals surface area contributed by atoms with E-state index in [-0.39, 0.29) is 18.4 Å². The molecule has 0 bridgehead atoms. The van der Waals surface area contributed by atoms with Gasteiger partial charge >= 0.3 is 0 Å². The Balaban J connectivity index is 1.43. The molecule has 9 heteroatoms. The van der Waals surface area contributed by atoms with Crippen molar-refractivity contribution >= 4 is 29.1 Å². The van der Waals surface area contributed by atoms with E-state index in [0.29, 0.717) is 29.5 Å². The molecule has 0 aliphatic carbocycles. The Morgan fingerprint density at radius 2 is 2.07 bits per heavy atom. The summed E-state index contributed by atoms with van der Waals surface area (Å²) in [6.45, 7) is 2.19. The molecule has 0 spiro atoms. The molecule has 0 saturated heterocycles. The van der Waals surface area contributed by atoms with Crippen LogP contribution in [0.1, 0.15) is 21.7 Å². The Bertz CT molecular complexity index is 1120. The number of carbonyl (C=O) groups is 2. The Morgan fingerprint density at radius 3 is 2.80 bits per heavy atom. The maximum absolute atomic E-state index is 12.8. The van der Waals surface area contributed by atoms with E-state index < -0.39 is 0 Å². The molecule has 0 saturated carbocycles. The number of nitrogens with one attached hydrogen (secondary N) is 2. The second-order valence-electron chi connectivity index (χ2n) is 7.07. The molecule has 2 aromatic heterocycles. The largest absolute Gasteiger partial charge is 0.497 e. The molecule has 0 atom stereocenters. The Labute approximate surface area is 173 Å². The molecule has 2 N–H and O–H groups in total. The van der Waals surface area contributed by atoms with Gasteiger partial charge in [0.25, 0.3) is 5.91 Å². The molecule has 4 rings (SSSR count). The Kier molecular flexibility index (Phi) is 5.09. The maximum Gasteiger partial charge on any atom is 0.273 e. The summed E-state index contributed by atoms with van der Waals surface area (Å²) in [5.74, 6) is 1.42. The van der Waals surface area contributed by atoms with Crippen molar-refractivity contribution in [2.24, 2.45) is 7.05 Å². The molecule has 0 unspecified atom stereocenters. The van der Waals surface area contributed by atoms with Gasteiger partial charge in [-0.1, -0.05) is 12.1 Å². The molecule has 3 heterocycles. The van der Waals surface area contributed by atoms with Gasteiger partial charge in [0.1, 0.15) is 29.6 Å². The highest BCUT2D eigenvalue weighted by atomic mass is 16.5. The number of aryl methyl sites for hydroxylation is 2. The summed E-state index contributed by atoms with van der Waals surface area (Å²) >= 11 is 0. The minimum Gasteiger partial charge on any atom is -0.497 e. The Hall–Kier alpha value is -3.88. The summed E-state index contributed by atoms with van der Waals surface area (Å²) in [4.78, 5) is 31.1. The first-order chi connectivity index (χ1) is 14.4. The molecular formula is C21H22N6O3. The molecular weight excluding hydrogens is 384 g/mol. The highest BCUT2D eigenvalue weighted by molar-refractivity contribution is 6.01. The molecule has 1 aliphatic heterocycles. The van der Waals surface area contributed by atoms with Crippen molar-refractivity contribution in [2.45, 2.75) is 13.5 Å². The SMILES string of the molecule is COc1cccc(NC(=O)CN2Cc3ccc(Nc4cc(C)nn4C)nc3C2=O)c1. The van der Waals surface area contributed by atoms with Crippen molar-refractivity contribution < 1.29 is 14.3 Å². The van der Waals surface area contributed by atoms with Crippen molar-refractivity contribution in [3.8, 4) is 5.75 Å². The van der Waals surface area contributed by atoms with Crippen LogP contribution in [0.4, 0.5) is 17.3 Å². The lowest BCUT2D eigenvalue weighted by atomic mass is 10.2. The normalized spacial score (nSPS) is 12.6. The van der Waals surface area contributed by atoms with Crippen molar-refractivity contribution in [3.63, 3.8) is 0 Å². The smallest absolute Gasteiger partial charge is 0.273 e. The third-order valence-corrected chi connectivity index (χ3v) is 4.78. The molecule has 2 amide bonds. The molecule has 154 valence electrons. The highest BCUT2D eigenvalue weighted by Gasteiger charge is 2.30. The van der Waals surface area contributed by atoms with Gasteiger partial charge in [-0.2, -0.15) is 5.10 Å². The number of hydrogen-bond acceptors (Lipinski definition) is 6. The first-order valence-electron chi connectivity index (χ1n) is 9.43. The van der Waals surface area contributed by atoms with Crippen LogP contribution in [0.15, 0.2) is 42.5 Å². The second kappa shape index (κ2) is 7.86. The lowest BCUT2D eigenvalue weighted by Crippen LogP contribution is -2.33. The van der Waals surface area contributed by atoms with Crippen LogP contribution in [0.5, 0.6) is 5.75 Å². The van der Waals surface area contributed by atoms with Gasteiger partial charge in [0.05, 0.1) is 12.8 Å². The van der Waals surface area contributed by atoms with E-state index in [4.69, 9.17) is 4.74 Å². The third-order valence-electron chi connectivity index (χ3n) is 4.78. The van der Waals surface area contributed by atoms with E-state index in [1.807, 2.05) is 32.2 Å². The summed E-state index contributed by atoms with van der Waals surface area (Å²) in [5, 5.41) is 10.2. The Morgan fingerprint density at radius 1 is 1.23 bits per heavy atom. The van der Waals surface area contributed by atoms with Gasteiger partial charge in [-0.25, -0.2) is 4.98 Å². The van der Waals surface area contributed by atoms with Gasteiger partial charge in [-0.3, -0.25) is 14.3 Å². The number of fused-ring (bicyclic) bond motifs is 1. The number of pyridine rings is 1. The number of benzene rings is 1. The summed E-state index contributed by atoms with van der Waals surface area (Å²) in [5.41, 5.74) is 2.64. The quantitative estimate of drug-likeness (QED) is 0.652. The summed E-state index contributed by atoms with van der Waals surface area (Å²) in [6, 6.07) is 12.6. The number of aromatic nitrogens is 3. The number of anilines is 3. The number of carbonyl (C=O) groups excluding carboxylic acids is 2. The first kappa shape index (κ1) is 19.4. The maximum atomic E-state index is 12.8. The lowest BCUT2D eigenvalue weighted by molar-refractivity contribution is -0.116. The fourth-order valence-electron chi connectivity index (χ4n) is 3.36. The van der Waals surface area contributed by atoms with E-state index in [1.165, 1.54) is 4.90 Å².